The van der Waals surface area contributed by atoms with Crippen molar-refractivity contribution in [2.45, 2.75) is 63.8 Å². The van der Waals surface area contributed by atoms with Crippen molar-refractivity contribution in [2.24, 2.45) is 5.92 Å². The van der Waals surface area contributed by atoms with Crippen molar-refractivity contribution in [3.8, 4) is 11.5 Å². The molecule has 4 atom stereocenters. The molecule has 4 rings (SSSR count). The molecule has 3 aliphatic rings. The van der Waals surface area contributed by atoms with Crippen LogP contribution in [0.1, 0.15) is 44.7 Å². The van der Waals surface area contributed by atoms with Gasteiger partial charge in [0.15, 0.2) is 11.5 Å². The van der Waals surface area contributed by atoms with Gasteiger partial charge in [-0.05, 0) is 43.6 Å². The van der Waals surface area contributed by atoms with Crippen LogP contribution in [-0.4, -0.2) is 55.7 Å². The summed E-state index contributed by atoms with van der Waals surface area (Å²) < 4.78 is 17.9. The first-order valence-corrected chi connectivity index (χ1v) is 11.0. The summed E-state index contributed by atoms with van der Waals surface area (Å²) in [7, 11) is 3.79. The van der Waals surface area contributed by atoms with Crippen molar-refractivity contribution in [3.05, 3.63) is 35.4 Å². The summed E-state index contributed by atoms with van der Waals surface area (Å²) in [5, 5.41) is 2.70. The number of hydrogen-bond donors (Lipinski definition) is 1. The molecule has 1 aromatic carbocycles. The van der Waals surface area contributed by atoms with Crippen molar-refractivity contribution in [1.29, 1.82) is 0 Å². The van der Waals surface area contributed by atoms with Crippen molar-refractivity contribution in [1.82, 2.24) is 10.2 Å². The van der Waals surface area contributed by atoms with Gasteiger partial charge in [0.1, 0.15) is 18.2 Å². The molecule has 7 nitrogen and oxygen atoms in total. The Labute approximate surface area is 183 Å². The van der Waals surface area contributed by atoms with Crippen LogP contribution in [0.5, 0.6) is 11.5 Å². The molecule has 2 aliphatic heterocycles. The van der Waals surface area contributed by atoms with Crippen LogP contribution >= 0.6 is 0 Å². The van der Waals surface area contributed by atoms with Crippen LogP contribution in [0.25, 0.3) is 0 Å². The van der Waals surface area contributed by atoms with Gasteiger partial charge in [-0.25, -0.2) is 4.79 Å². The highest BCUT2D eigenvalue weighted by atomic mass is 16.6. The number of amides is 1. The molecule has 1 aromatic rings. The number of nitrogens with zero attached hydrogens (tertiary/aromatic N) is 1. The number of hydrogen-bond acceptors (Lipinski definition) is 6. The quantitative estimate of drug-likeness (QED) is 0.574. The summed E-state index contributed by atoms with van der Waals surface area (Å²) in [6, 6.07) is 3.44. The van der Waals surface area contributed by atoms with E-state index >= 15 is 0 Å². The fourth-order valence-electron chi connectivity index (χ4n) is 5.09. The Morgan fingerprint density at radius 1 is 1.32 bits per heavy atom. The molecule has 1 spiro atoms. The van der Waals surface area contributed by atoms with Crippen LogP contribution in [0.2, 0.25) is 0 Å². The summed E-state index contributed by atoms with van der Waals surface area (Å²) in [6.45, 7) is 7.00. The number of nitrogens with one attached hydrogen (secondary N) is 1. The monoisotopic (exact) mass is 428 g/mol. The molecule has 0 fully saturated rings. The zero-order valence-electron chi connectivity index (χ0n) is 18.9. The number of carbonyl (C=O) groups excluding carboxylic acids is 2. The highest BCUT2D eigenvalue weighted by Gasteiger charge is 2.53. The second kappa shape index (κ2) is 8.19. The zero-order chi connectivity index (χ0) is 22.3. The lowest BCUT2D eigenvalue weighted by atomic mass is 9.69. The summed E-state index contributed by atoms with van der Waals surface area (Å²) in [5.41, 5.74) is 2.21. The Bertz CT molecular complexity index is 911. The standard InChI is InChI=1S/C24H32N2O5/c1-14(2)21(25-15(3)27)23(28)30-17-8-9-24-10-11-26(4)13-16-6-7-18(29-5)22(20(16)24)31-19(24)12-17/h6-9,14,17,19,21H,10-13H2,1-5H3,(H,25,27). The lowest BCUT2D eigenvalue weighted by Gasteiger charge is -2.37. The lowest BCUT2D eigenvalue weighted by molar-refractivity contribution is -0.153. The first kappa shape index (κ1) is 21.7. The van der Waals surface area contributed by atoms with E-state index < -0.39 is 18.1 Å². The summed E-state index contributed by atoms with van der Waals surface area (Å²) in [4.78, 5) is 26.6. The molecular weight excluding hydrogens is 396 g/mol. The molecule has 0 bridgehead atoms. The van der Waals surface area contributed by atoms with Gasteiger partial charge in [-0.15, -0.1) is 0 Å². The molecule has 1 N–H and O–H groups in total. The third kappa shape index (κ3) is 3.80. The largest absolute Gasteiger partial charge is 0.493 e. The SMILES string of the molecule is COc1ccc2c3c1OC1CC(OC(=O)C(NC(C)=O)C(C)C)C=CC31CCN(C)C2. The van der Waals surface area contributed by atoms with E-state index in [1.165, 1.54) is 18.1 Å². The Balaban J connectivity index is 1.61. The third-order valence-electron chi connectivity index (χ3n) is 6.68. The van der Waals surface area contributed by atoms with E-state index in [2.05, 4.69) is 29.4 Å². The van der Waals surface area contributed by atoms with E-state index in [0.29, 0.717) is 6.42 Å². The van der Waals surface area contributed by atoms with E-state index in [0.717, 1.165) is 31.0 Å². The summed E-state index contributed by atoms with van der Waals surface area (Å²) >= 11 is 0. The Morgan fingerprint density at radius 3 is 2.77 bits per heavy atom. The number of ether oxygens (including phenoxy) is 3. The predicted octanol–water partition coefficient (Wildman–Crippen LogP) is 2.56. The van der Waals surface area contributed by atoms with Crippen molar-refractivity contribution < 1.29 is 23.8 Å². The normalized spacial score (nSPS) is 27.5. The van der Waals surface area contributed by atoms with Gasteiger partial charge in [0.05, 0.1) is 12.5 Å². The molecule has 0 saturated heterocycles. The molecule has 0 aromatic heterocycles. The molecule has 0 saturated carbocycles. The van der Waals surface area contributed by atoms with Crippen molar-refractivity contribution >= 4 is 11.9 Å². The van der Waals surface area contributed by atoms with Gasteiger partial charge in [-0.1, -0.05) is 26.0 Å². The fourth-order valence-corrected chi connectivity index (χ4v) is 5.09. The van der Waals surface area contributed by atoms with Gasteiger partial charge in [-0.3, -0.25) is 4.79 Å². The van der Waals surface area contributed by atoms with Gasteiger partial charge in [0, 0.05) is 25.5 Å². The molecule has 31 heavy (non-hydrogen) atoms. The van der Waals surface area contributed by atoms with Crippen molar-refractivity contribution in [2.75, 3.05) is 20.7 Å². The predicted molar refractivity (Wildman–Crippen MR) is 116 cm³/mol. The van der Waals surface area contributed by atoms with Crippen LogP contribution in [0, 0.1) is 5.92 Å². The van der Waals surface area contributed by atoms with Crippen LogP contribution in [0.15, 0.2) is 24.3 Å². The van der Waals surface area contributed by atoms with E-state index in [4.69, 9.17) is 14.2 Å². The maximum Gasteiger partial charge on any atom is 0.329 e. The minimum Gasteiger partial charge on any atom is -0.493 e. The fraction of sp³-hybridized carbons (Fsp3) is 0.583. The van der Waals surface area contributed by atoms with Crippen LogP contribution in [0.4, 0.5) is 0 Å². The first-order chi connectivity index (χ1) is 14.7. The minimum atomic E-state index is -0.665. The molecule has 0 radical (unpaired) electrons. The average molecular weight is 429 g/mol. The Hall–Kier alpha value is -2.54. The van der Waals surface area contributed by atoms with Gasteiger partial charge < -0.3 is 24.4 Å². The van der Waals surface area contributed by atoms with E-state index in [1.807, 2.05) is 26.0 Å². The molecule has 1 aliphatic carbocycles. The Kier molecular flexibility index (Phi) is 5.73. The van der Waals surface area contributed by atoms with Crippen molar-refractivity contribution in [3.63, 3.8) is 0 Å². The summed E-state index contributed by atoms with van der Waals surface area (Å²) in [6.07, 6.45) is 5.13. The number of benzene rings is 1. The molecule has 2 heterocycles. The molecule has 1 amide bonds. The summed E-state index contributed by atoms with van der Waals surface area (Å²) in [5.74, 6) is 0.835. The van der Waals surface area contributed by atoms with Crippen LogP contribution in [0.3, 0.4) is 0 Å². The first-order valence-electron chi connectivity index (χ1n) is 11.0. The van der Waals surface area contributed by atoms with E-state index in [-0.39, 0.29) is 23.3 Å². The average Bonchev–Trinajstić information content (AvgIpc) is 2.97. The maximum atomic E-state index is 12.8. The molecule has 168 valence electrons. The van der Waals surface area contributed by atoms with E-state index in [1.54, 1.807) is 7.11 Å². The van der Waals surface area contributed by atoms with Gasteiger partial charge >= 0.3 is 5.97 Å². The molecule has 4 unspecified atom stereocenters. The molecule has 7 heteroatoms. The van der Waals surface area contributed by atoms with Gasteiger partial charge in [-0.2, -0.15) is 0 Å². The second-order valence-electron chi connectivity index (χ2n) is 9.26. The topological polar surface area (TPSA) is 77.1 Å². The number of rotatable bonds is 5. The number of methoxy groups -OCH3 is 1. The Morgan fingerprint density at radius 2 is 2.10 bits per heavy atom. The minimum absolute atomic E-state index is 0.0634. The highest BCUT2D eigenvalue weighted by Crippen LogP contribution is 2.55. The zero-order valence-corrected chi connectivity index (χ0v) is 18.9. The van der Waals surface area contributed by atoms with Crippen LogP contribution < -0.4 is 14.8 Å². The molecular formula is C24H32N2O5. The van der Waals surface area contributed by atoms with Gasteiger partial charge in [0.2, 0.25) is 5.91 Å². The second-order valence-corrected chi connectivity index (χ2v) is 9.26. The van der Waals surface area contributed by atoms with Crippen LogP contribution in [-0.2, 0) is 26.3 Å². The van der Waals surface area contributed by atoms with E-state index in [9.17, 15) is 9.59 Å². The smallest absolute Gasteiger partial charge is 0.329 e. The maximum absolute atomic E-state index is 12.8. The third-order valence-corrected chi connectivity index (χ3v) is 6.68. The number of carbonyl (C=O) groups is 2. The van der Waals surface area contributed by atoms with Gasteiger partial charge in [0.25, 0.3) is 0 Å². The number of esters is 1. The lowest BCUT2D eigenvalue weighted by Crippen LogP contribution is -2.47. The highest BCUT2D eigenvalue weighted by molar-refractivity contribution is 5.83.